The molecule has 1 rings (SSSR count). The largest absolute Gasteiger partial charge is 0.299 e. The number of ketones is 2. The van der Waals surface area contributed by atoms with E-state index < -0.39 is 5.41 Å². The maximum Gasteiger partial charge on any atom is 0.156 e. The number of carbonyl (C=O) groups is 2. The average Bonchev–Trinajstić information content (AvgIpc) is 2.18. The van der Waals surface area contributed by atoms with Crippen molar-refractivity contribution in [3.8, 4) is 0 Å². The summed E-state index contributed by atoms with van der Waals surface area (Å²) in [6.07, 6.45) is 3.51. The summed E-state index contributed by atoms with van der Waals surface area (Å²) in [6, 6.07) is 0. The predicted octanol–water partition coefficient (Wildman–Crippen LogP) is 1.36. The molecule has 2 unspecified atom stereocenters. The highest BCUT2D eigenvalue weighted by Crippen LogP contribution is 2.31. The van der Waals surface area contributed by atoms with Gasteiger partial charge in [0.2, 0.25) is 0 Å². The molecular weight excluding hydrogens is 140 g/mol. The van der Waals surface area contributed by atoms with Gasteiger partial charge in [-0.2, -0.15) is 0 Å². The van der Waals surface area contributed by atoms with Crippen LogP contribution in [0.2, 0.25) is 0 Å². The molecule has 0 spiro atoms. The lowest BCUT2D eigenvalue weighted by Crippen LogP contribution is -2.31. The van der Waals surface area contributed by atoms with Gasteiger partial charge in [-0.05, 0) is 13.8 Å². The molecule has 1 aliphatic carbocycles. The van der Waals surface area contributed by atoms with Crippen molar-refractivity contribution >= 4 is 11.6 Å². The van der Waals surface area contributed by atoms with E-state index in [9.17, 15) is 9.59 Å². The van der Waals surface area contributed by atoms with Crippen LogP contribution in [0, 0.1) is 11.3 Å². The Bertz CT molecular complexity index is 240. The van der Waals surface area contributed by atoms with E-state index in [2.05, 4.69) is 0 Å². The maximum atomic E-state index is 11.4. The van der Waals surface area contributed by atoms with Gasteiger partial charge in [-0.3, -0.25) is 9.59 Å². The van der Waals surface area contributed by atoms with Gasteiger partial charge in [0.15, 0.2) is 5.78 Å². The average molecular weight is 152 g/mol. The Morgan fingerprint density at radius 2 is 2.18 bits per heavy atom. The van der Waals surface area contributed by atoms with Gasteiger partial charge in [-0.25, -0.2) is 0 Å². The summed E-state index contributed by atoms with van der Waals surface area (Å²) in [5.41, 5.74) is -0.834. The van der Waals surface area contributed by atoms with E-state index >= 15 is 0 Å². The molecule has 0 bridgehead atoms. The molecule has 0 aromatic heterocycles. The molecule has 0 saturated carbocycles. The SMILES string of the molecule is CC(=O)C1(C)C=CC(C)C1=O. The third-order valence-electron chi connectivity index (χ3n) is 2.38. The summed E-state index contributed by atoms with van der Waals surface area (Å²) in [6.45, 7) is 4.95. The van der Waals surface area contributed by atoms with Crippen LogP contribution < -0.4 is 0 Å². The molecule has 2 atom stereocenters. The van der Waals surface area contributed by atoms with Gasteiger partial charge >= 0.3 is 0 Å². The van der Waals surface area contributed by atoms with E-state index in [0.717, 1.165) is 0 Å². The summed E-state index contributed by atoms with van der Waals surface area (Å²) >= 11 is 0. The van der Waals surface area contributed by atoms with Crippen LogP contribution in [-0.4, -0.2) is 11.6 Å². The fourth-order valence-corrected chi connectivity index (χ4v) is 1.27. The van der Waals surface area contributed by atoms with Gasteiger partial charge in [0.25, 0.3) is 0 Å². The van der Waals surface area contributed by atoms with Gasteiger partial charge in [0, 0.05) is 5.92 Å². The molecule has 11 heavy (non-hydrogen) atoms. The molecule has 0 aromatic carbocycles. The summed E-state index contributed by atoms with van der Waals surface area (Å²) in [7, 11) is 0. The van der Waals surface area contributed by atoms with Gasteiger partial charge in [-0.1, -0.05) is 19.1 Å². The van der Waals surface area contributed by atoms with Gasteiger partial charge < -0.3 is 0 Å². The van der Waals surface area contributed by atoms with Crippen molar-refractivity contribution in [1.29, 1.82) is 0 Å². The van der Waals surface area contributed by atoms with E-state index in [1.165, 1.54) is 6.92 Å². The molecule has 0 heterocycles. The molecule has 0 aliphatic heterocycles. The van der Waals surface area contributed by atoms with E-state index in [4.69, 9.17) is 0 Å². The van der Waals surface area contributed by atoms with Gasteiger partial charge in [-0.15, -0.1) is 0 Å². The number of Topliss-reactive ketones (excluding diaryl/α,β-unsaturated/α-hetero) is 2. The molecular formula is C9H12O2. The third kappa shape index (κ3) is 1.02. The number of hydrogen-bond acceptors (Lipinski definition) is 2. The maximum absolute atomic E-state index is 11.4. The normalized spacial score (nSPS) is 36.3. The predicted molar refractivity (Wildman–Crippen MR) is 42.1 cm³/mol. The van der Waals surface area contributed by atoms with Crippen LogP contribution in [0.1, 0.15) is 20.8 Å². The van der Waals surface area contributed by atoms with Gasteiger partial charge in [0.1, 0.15) is 11.2 Å². The third-order valence-corrected chi connectivity index (χ3v) is 2.38. The Balaban J connectivity index is 3.00. The Kier molecular flexibility index (Phi) is 1.70. The summed E-state index contributed by atoms with van der Waals surface area (Å²) in [5.74, 6) is -0.142. The van der Waals surface area contributed by atoms with Crippen molar-refractivity contribution in [3.63, 3.8) is 0 Å². The Labute approximate surface area is 66.3 Å². The topological polar surface area (TPSA) is 34.1 Å². The minimum absolute atomic E-state index is 0.0185. The standard InChI is InChI=1S/C9H12O2/c1-6-4-5-9(3,7(2)10)8(6)11/h4-6H,1-3H3. The molecule has 2 nitrogen and oxygen atoms in total. The Morgan fingerprint density at radius 3 is 2.36 bits per heavy atom. The zero-order chi connectivity index (χ0) is 8.65. The summed E-state index contributed by atoms with van der Waals surface area (Å²) in [4.78, 5) is 22.4. The zero-order valence-corrected chi connectivity index (χ0v) is 7.05. The van der Waals surface area contributed by atoms with Crippen molar-refractivity contribution in [2.24, 2.45) is 11.3 Å². The molecule has 0 saturated heterocycles. The first kappa shape index (κ1) is 8.18. The molecule has 0 fully saturated rings. The second-order valence-corrected chi connectivity index (χ2v) is 3.27. The highest BCUT2D eigenvalue weighted by atomic mass is 16.2. The van der Waals surface area contributed by atoms with Crippen LogP contribution in [0.3, 0.4) is 0 Å². The number of hydrogen-bond donors (Lipinski definition) is 0. The molecule has 0 radical (unpaired) electrons. The lowest BCUT2D eigenvalue weighted by molar-refractivity contribution is -0.135. The number of allylic oxidation sites excluding steroid dienone is 2. The van der Waals surface area contributed by atoms with Crippen molar-refractivity contribution in [3.05, 3.63) is 12.2 Å². The highest BCUT2D eigenvalue weighted by molar-refractivity contribution is 6.10. The van der Waals surface area contributed by atoms with Crippen LogP contribution in [0.15, 0.2) is 12.2 Å². The summed E-state index contributed by atoms with van der Waals surface area (Å²) < 4.78 is 0. The highest BCUT2D eigenvalue weighted by Gasteiger charge is 2.41. The molecule has 60 valence electrons. The minimum Gasteiger partial charge on any atom is -0.299 e. The number of rotatable bonds is 1. The lowest BCUT2D eigenvalue weighted by Gasteiger charge is -2.16. The van der Waals surface area contributed by atoms with Crippen molar-refractivity contribution in [2.45, 2.75) is 20.8 Å². The first-order valence-electron chi connectivity index (χ1n) is 3.73. The first-order chi connectivity index (χ1) is 4.98. The van der Waals surface area contributed by atoms with Crippen molar-refractivity contribution in [1.82, 2.24) is 0 Å². The van der Waals surface area contributed by atoms with E-state index in [1.54, 1.807) is 19.1 Å². The van der Waals surface area contributed by atoms with Crippen LogP contribution in [0.5, 0.6) is 0 Å². The van der Waals surface area contributed by atoms with Crippen LogP contribution in [0.4, 0.5) is 0 Å². The Morgan fingerprint density at radius 1 is 1.64 bits per heavy atom. The fourth-order valence-electron chi connectivity index (χ4n) is 1.27. The first-order valence-corrected chi connectivity index (χ1v) is 3.73. The van der Waals surface area contributed by atoms with Gasteiger partial charge in [0.05, 0.1) is 0 Å². The molecule has 0 aromatic rings. The van der Waals surface area contributed by atoms with E-state index in [-0.39, 0.29) is 17.5 Å². The van der Waals surface area contributed by atoms with Crippen LogP contribution in [0.25, 0.3) is 0 Å². The lowest BCUT2D eigenvalue weighted by atomic mass is 9.83. The molecule has 2 heteroatoms. The molecule has 1 aliphatic rings. The van der Waals surface area contributed by atoms with E-state index in [0.29, 0.717) is 0 Å². The fraction of sp³-hybridized carbons (Fsp3) is 0.556. The Hall–Kier alpha value is -0.920. The van der Waals surface area contributed by atoms with Crippen LogP contribution >= 0.6 is 0 Å². The molecule has 0 N–H and O–H groups in total. The second kappa shape index (κ2) is 2.29. The second-order valence-electron chi connectivity index (χ2n) is 3.27. The zero-order valence-electron chi connectivity index (χ0n) is 7.05. The van der Waals surface area contributed by atoms with E-state index in [1.807, 2.05) is 6.92 Å². The summed E-state index contributed by atoms with van der Waals surface area (Å²) in [5, 5.41) is 0. The van der Waals surface area contributed by atoms with Crippen molar-refractivity contribution in [2.75, 3.05) is 0 Å². The monoisotopic (exact) mass is 152 g/mol. The van der Waals surface area contributed by atoms with Crippen molar-refractivity contribution < 1.29 is 9.59 Å². The quantitative estimate of drug-likeness (QED) is 0.420. The van der Waals surface area contributed by atoms with Crippen LogP contribution in [-0.2, 0) is 9.59 Å². The molecule has 0 amide bonds. The minimum atomic E-state index is -0.834. The smallest absolute Gasteiger partial charge is 0.156 e. The number of carbonyl (C=O) groups excluding carboxylic acids is 2.